The van der Waals surface area contributed by atoms with Crippen molar-refractivity contribution in [3.05, 3.63) is 53.1 Å². The van der Waals surface area contributed by atoms with Crippen molar-refractivity contribution < 1.29 is 0 Å². The van der Waals surface area contributed by atoms with Crippen LogP contribution < -0.4 is 5.32 Å². The molecule has 1 nitrogen and oxygen atoms in total. The largest absolute Gasteiger partial charge is 0.384 e. The molecule has 1 N–H and O–H groups in total. The summed E-state index contributed by atoms with van der Waals surface area (Å²) in [5.74, 6) is 0. The summed E-state index contributed by atoms with van der Waals surface area (Å²) in [7, 11) is 0. The standard InChI is InChI=1S/C17H19N/c1-12-8-9-13(2)16(11-12)15-7-3-5-14-6-4-10-18-17(14)15/h3,5,7-9,11,18H,4,6,10H2,1-2H3. The minimum atomic E-state index is 1.09. The molecule has 3 rings (SSSR count). The Kier molecular flexibility index (Phi) is 2.83. The van der Waals surface area contributed by atoms with Crippen LogP contribution in [-0.2, 0) is 6.42 Å². The van der Waals surface area contributed by atoms with E-state index in [1.165, 1.54) is 46.3 Å². The first-order chi connectivity index (χ1) is 8.75. The first-order valence-electron chi connectivity index (χ1n) is 6.69. The molecule has 0 radical (unpaired) electrons. The molecular formula is C17H19N. The van der Waals surface area contributed by atoms with Crippen LogP contribution in [-0.4, -0.2) is 6.54 Å². The van der Waals surface area contributed by atoms with Gasteiger partial charge >= 0.3 is 0 Å². The minimum Gasteiger partial charge on any atom is -0.384 e. The third-order valence-corrected chi connectivity index (χ3v) is 3.76. The molecule has 1 aliphatic rings. The second kappa shape index (κ2) is 4.49. The Labute approximate surface area is 109 Å². The minimum absolute atomic E-state index is 1.09. The van der Waals surface area contributed by atoms with Gasteiger partial charge in [-0.1, -0.05) is 42.0 Å². The summed E-state index contributed by atoms with van der Waals surface area (Å²) in [5.41, 5.74) is 8.19. The molecule has 2 aromatic rings. The molecule has 0 amide bonds. The number of anilines is 1. The van der Waals surface area contributed by atoms with Gasteiger partial charge in [0.05, 0.1) is 0 Å². The Morgan fingerprint density at radius 1 is 1.00 bits per heavy atom. The summed E-state index contributed by atoms with van der Waals surface area (Å²) in [6.07, 6.45) is 2.43. The van der Waals surface area contributed by atoms with Gasteiger partial charge in [-0.2, -0.15) is 0 Å². The predicted octanol–water partition coefficient (Wildman–Crippen LogP) is 4.33. The third kappa shape index (κ3) is 1.90. The maximum absolute atomic E-state index is 3.58. The van der Waals surface area contributed by atoms with E-state index in [0.717, 1.165) is 6.54 Å². The van der Waals surface area contributed by atoms with Gasteiger partial charge in [-0.3, -0.25) is 0 Å². The summed E-state index contributed by atoms with van der Waals surface area (Å²) in [6.45, 7) is 5.44. The van der Waals surface area contributed by atoms with Gasteiger partial charge in [-0.15, -0.1) is 0 Å². The van der Waals surface area contributed by atoms with Gasteiger partial charge in [0.15, 0.2) is 0 Å². The van der Waals surface area contributed by atoms with Crippen LogP contribution in [0.1, 0.15) is 23.1 Å². The zero-order chi connectivity index (χ0) is 12.5. The normalized spacial score (nSPS) is 13.9. The van der Waals surface area contributed by atoms with Gasteiger partial charge in [0, 0.05) is 17.8 Å². The van der Waals surface area contributed by atoms with Crippen LogP contribution in [0.15, 0.2) is 36.4 Å². The highest BCUT2D eigenvalue weighted by Gasteiger charge is 2.14. The molecule has 0 atom stereocenters. The first-order valence-corrected chi connectivity index (χ1v) is 6.69. The van der Waals surface area contributed by atoms with Crippen LogP contribution in [0.5, 0.6) is 0 Å². The monoisotopic (exact) mass is 237 g/mol. The maximum atomic E-state index is 3.58. The average Bonchev–Trinajstić information content (AvgIpc) is 2.41. The molecule has 0 aliphatic carbocycles. The number of rotatable bonds is 1. The van der Waals surface area contributed by atoms with E-state index >= 15 is 0 Å². The van der Waals surface area contributed by atoms with E-state index < -0.39 is 0 Å². The Morgan fingerprint density at radius 3 is 2.78 bits per heavy atom. The van der Waals surface area contributed by atoms with Gasteiger partial charge in [-0.25, -0.2) is 0 Å². The van der Waals surface area contributed by atoms with Crippen LogP contribution in [0.4, 0.5) is 5.69 Å². The lowest BCUT2D eigenvalue weighted by Crippen LogP contribution is -2.12. The van der Waals surface area contributed by atoms with Crippen molar-refractivity contribution in [3.8, 4) is 11.1 Å². The van der Waals surface area contributed by atoms with Gasteiger partial charge in [0.2, 0.25) is 0 Å². The smallest absolute Gasteiger partial charge is 0.0452 e. The number of para-hydroxylation sites is 1. The van der Waals surface area contributed by atoms with Crippen molar-refractivity contribution in [3.63, 3.8) is 0 Å². The van der Waals surface area contributed by atoms with Crippen molar-refractivity contribution in [2.45, 2.75) is 26.7 Å². The fourth-order valence-corrected chi connectivity index (χ4v) is 2.76. The quantitative estimate of drug-likeness (QED) is 0.778. The number of fused-ring (bicyclic) bond motifs is 1. The Hall–Kier alpha value is -1.76. The van der Waals surface area contributed by atoms with Crippen LogP contribution in [0.3, 0.4) is 0 Å². The second-order valence-electron chi connectivity index (χ2n) is 5.19. The average molecular weight is 237 g/mol. The molecule has 1 heteroatoms. The molecule has 0 bridgehead atoms. The first kappa shape index (κ1) is 11.3. The lowest BCUT2D eigenvalue weighted by molar-refractivity contribution is 0.831. The van der Waals surface area contributed by atoms with Gasteiger partial charge in [0.25, 0.3) is 0 Å². The molecule has 92 valence electrons. The van der Waals surface area contributed by atoms with Crippen LogP contribution in [0, 0.1) is 13.8 Å². The van der Waals surface area contributed by atoms with Crippen LogP contribution in [0.2, 0.25) is 0 Å². The molecule has 0 saturated heterocycles. The summed E-state index contributed by atoms with van der Waals surface area (Å²) in [6, 6.07) is 13.4. The van der Waals surface area contributed by atoms with E-state index in [1.54, 1.807) is 0 Å². The topological polar surface area (TPSA) is 12.0 Å². The number of hydrogen-bond acceptors (Lipinski definition) is 1. The highest BCUT2D eigenvalue weighted by molar-refractivity contribution is 5.82. The van der Waals surface area contributed by atoms with E-state index in [4.69, 9.17) is 0 Å². The number of hydrogen-bond donors (Lipinski definition) is 1. The molecule has 2 aromatic carbocycles. The summed E-state index contributed by atoms with van der Waals surface area (Å²) in [4.78, 5) is 0. The van der Waals surface area contributed by atoms with E-state index in [1.807, 2.05) is 0 Å². The molecule has 18 heavy (non-hydrogen) atoms. The summed E-state index contributed by atoms with van der Waals surface area (Å²) in [5, 5.41) is 3.58. The zero-order valence-corrected chi connectivity index (χ0v) is 11.1. The number of benzene rings is 2. The van der Waals surface area contributed by atoms with E-state index in [0.29, 0.717) is 0 Å². The van der Waals surface area contributed by atoms with E-state index in [2.05, 4.69) is 55.6 Å². The van der Waals surface area contributed by atoms with Crippen LogP contribution in [0.25, 0.3) is 11.1 Å². The molecule has 1 heterocycles. The van der Waals surface area contributed by atoms with Gasteiger partial charge < -0.3 is 5.32 Å². The predicted molar refractivity (Wildman–Crippen MR) is 78.2 cm³/mol. The van der Waals surface area contributed by atoms with E-state index in [9.17, 15) is 0 Å². The lowest BCUT2D eigenvalue weighted by atomic mass is 9.92. The number of nitrogens with one attached hydrogen (secondary N) is 1. The number of aryl methyl sites for hydroxylation is 3. The molecule has 0 saturated carbocycles. The van der Waals surface area contributed by atoms with Crippen molar-refractivity contribution in [2.75, 3.05) is 11.9 Å². The molecule has 0 fully saturated rings. The van der Waals surface area contributed by atoms with Crippen LogP contribution >= 0.6 is 0 Å². The lowest BCUT2D eigenvalue weighted by Gasteiger charge is -2.22. The van der Waals surface area contributed by atoms with Crippen molar-refractivity contribution >= 4 is 5.69 Å². The molecular weight excluding hydrogens is 218 g/mol. The highest BCUT2D eigenvalue weighted by atomic mass is 14.9. The Morgan fingerprint density at radius 2 is 1.89 bits per heavy atom. The third-order valence-electron chi connectivity index (χ3n) is 3.76. The fourth-order valence-electron chi connectivity index (χ4n) is 2.76. The van der Waals surface area contributed by atoms with Crippen molar-refractivity contribution in [1.82, 2.24) is 0 Å². The molecule has 0 unspecified atom stereocenters. The van der Waals surface area contributed by atoms with E-state index in [-0.39, 0.29) is 0 Å². The molecule has 0 spiro atoms. The zero-order valence-electron chi connectivity index (χ0n) is 11.1. The maximum Gasteiger partial charge on any atom is 0.0452 e. The Bertz CT molecular complexity index is 584. The SMILES string of the molecule is Cc1ccc(C)c(-c2cccc3c2NCCC3)c1. The summed E-state index contributed by atoms with van der Waals surface area (Å²) >= 11 is 0. The highest BCUT2D eigenvalue weighted by Crippen LogP contribution is 2.35. The summed E-state index contributed by atoms with van der Waals surface area (Å²) < 4.78 is 0. The molecule has 0 aromatic heterocycles. The van der Waals surface area contributed by atoms with Crippen molar-refractivity contribution in [2.24, 2.45) is 0 Å². The van der Waals surface area contributed by atoms with Crippen molar-refractivity contribution in [1.29, 1.82) is 0 Å². The van der Waals surface area contributed by atoms with Gasteiger partial charge in [0.1, 0.15) is 0 Å². The van der Waals surface area contributed by atoms with Gasteiger partial charge in [-0.05, 0) is 43.4 Å². The molecule has 1 aliphatic heterocycles. The Balaban J connectivity index is 2.19. The second-order valence-corrected chi connectivity index (χ2v) is 5.19. The fraction of sp³-hybridized carbons (Fsp3) is 0.294.